The van der Waals surface area contributed by atoms with Crippen molar-refractivity contribution < 1.29 is 9.53 Å². The Morgan fingerprint density at radius 1 is 1.00 bits per heavy atom. The summed E-state index contributed by atoms with van der Waals surface area (Å²) in [6.07, 6.45) is 0. The van der Waals surface area contributed by atoms with Crippen molar-refractivity contribution in [3.8, 4) is 0 Å². The SMILES string of the molecule is Cc1cccc2c1C(=O)C(c1ccccc1)=[N+]2[O-]. The van der Waals surface area contributed by atoms with E-state index in [2.05, 4.69) is 0 Å². The number of carbonyl (C=O) groups excluding carboxylic acids is 1. The zero-order valence-corrected chi connectivity index (χ0v) is 9.88. The molecule has 0 spiro atoms. The van der Waals surface area contributed by atoms with Crippen LogP contribution in [-0.2, 0) is 0 Å². The van der Waals surface area contributed by atoms with Gasteiger partial charge in [0, 0.05) is 6.07 Å². The van der Waals surface area contributed by atoms with Crippen LogP contribution in [0.2, 0.25) is 0 Å². The minimum Gasteiger partial charge on any atom is -0.618 e. The molecule has 0 saturated carbocycles. The number of nitrogens with zero attached hydrogens (tertiary/aromatic N) is 1. The number of ketones is 1. The first kappa shape index (κ1) is 10.7. The Kier molecular flexibility index (Phi) is 2.27. The van der Waals surface area contributed by atoms with Gasteiger partial charge in [-0.05, 0) is 24.6 Å². The average molecular weight is 237 g/mol. The van der Waals surface area contributed by atoms with E-state index in [0.717, 1.165) is 10.3 Å². The fourth-order valence-electron chi connectivity index (χ4n) is 2.29. The third kappa shape index (κ3) is 1.37. The maximum absolute atomic E-state index is 12.3. The highest BCUT2D eigenvalue weighted by Crippen LogP contribution is 2.30. The Labute approximate surface area is 105 Å². The van der Waals surface area contributed by atoms with E-state index in [9.17, 15) is 10.0 Å². The van der Waals surface area contributed by atoms with Crippen LogP contribution >= 0.6 is 0 Å². The molecule has 3 nitrogen and oxygen atoms in total. The lowest BCUT2D eigenvalue weighted by atomic mass is 9.99. The molecule has 3 rings (SSSR count). The van der Waals surface area contributed by atoms with Crippen LogP contribution in [0.1, 0.15) is 21.5 Å². The quantitative estimate of drug-likeness (QED) is 0.565. The van der Waals surface area contributed by atoms with E-state index in [4.69, 9.17) is 0 Å². The van der Waals surface area contributed by atoms with Crippen molar-refractivity contribution in [3.05, 3.63) is 70.4 Å². The largest absolute Gasteiger partial charge is 0.618 e. The summed E-state index contributed by atoms with van der Waals surface area (Å²) >= 11 is 0. The number of hydrogen-bond donors (Lipinski definition) is 0. The van der Waals surface area contributed by atoms with Gasteiger partial charge in [-0.1, -0.05) is 30.3 Å². The van der Waals surface area contributed by atoms with Crippen molar-refractivity contribution in [1.82, 2.24) is 0 Å². The summed E-state index contributed by atoms with van der Waals surface area (Å²) in [6, 6.07) is 14.4. The molecule has 3 heteroatoms. The highest BCUT2D eigenvalue weighted by Gasteiger charge is 2.37. The van der Waals surface area contributed by atoms with Crippen molar-refractivity contribution in [2.75, 3.05) is 0 Å². The molecule has 0 bridgehead atoms. The third-order valence-corrected chi connectivity index (χ3v) is 3.16. The molecule has 0 saturated heterocycles. The number of rotatable bonds is 1. The molecule has 1 heterocycles. The highest BCUT2D eigenvalue weighted by molar-refractivity contribution is 6.52. The Morgan fingerprint density at radius 2 is 1.72 bits per heavy atom. The fourth-order valence-corrected chi connectivity index (χ4v) is 2.29. The molecule has 0 unspecified atom stereocenters. The second kappa shape index (κ2) is 3.81. The van der Waals surface area contributed by atoms with Crippen molar-refractivity contribution in [3.63, 3.8) is 0 Å². The van der Waals surface area contributed by atoms with E-state index in [1.54, 1.807) is 24.3 Å². The number of carbonyl (C=O) groups is 1. The van der Waals surface area contributed by atoms with E-state index < -0.39 is 0 Å². The molecule has 0 atom stereocenters. The lowest BCUT2D eigenvalue weighted by molar-refractivity contribution is -0.355. The van der Waals surface area contributed by atoms with Gasteiger partial charge in [-0.25, -0.2) is 0 Å². The molecule has 1 aliphatic rings. The van der Waals surface area contributed by atoms with E-state index in [1.807, 2.05) is 31.2 Å². The molecular weight excluding hydrogens is 226 g/mol. The normalized spacial score (nSPS) is 13.9. The van der Waals surface area contributed by atoms with Gasteiger partial charge < -0.3 is 5.21 Å². The van der Waals surface area contributed by atoms with Crippen molar-refractivity contribution >= 4 is 17.2 Å². The van der Waals surface area contributed by atoms with Gasteiger partial charge in [-0.2, -0.15) is 4.74 Å². The van der Waals surface area contributed by atoms with Crippen LogP contribution in [0.25, 0.3) is 0 Å². The molecule has 0 fully saturated rings. The van der Waals surface area contributed by atoms with Crippen LogP contribution in [0.3, 0.4) is 0 Å². The summed E-state index contributed by atoms with van der Waals surface area (Å²) in [5.74, 6) is -0.190. The predicted molar refractivity (Wildman–Crippen MR) is 69.3 cm³/mol. The van der Waals surface area contributed by atoms with Crippen LogP contribution in [0.15, 0.2) is 48.5 Å². The summed E-state index contributed by atoms with van der Waals surface area (Å²) in [4.78, 5) is 12.3. The molecular formula is C15H11NO2. The minimum atomic E-state index is -0.190. The first-order valence-corrected chi connectivity index (χ1v) is 5.74. The van der Waals surface area contributed by atoms with Gasteiger partial charge in [0.15, 0.2) is 0 Å². The van der Waals surface area contributed by atoms with E-state index in [0.29, 0.717) is 16.8 Å². The van der Waals surface area contributed by atoms with Crippen LogP contribution in [-0.4, -0.2) is 16.2 Å². The third-order valence-electron chi connectivity index (χ3n) is 3.16. The minimum absolute atomic E-state index is 0.190. The molecule has 18 heavy (non-hydrogen) atoms. The Balaban J connectivity index is 2.24. The zero-order chi connectivity index (χ0) is 12.7. The summed E-state index contributed by atoms with van der Waals surface area (Å²) in [5.41, 5.74) is 2.67. The van der Waals surface area contributed by atoms with Gasteiger partial charge in [0.25, 0.3) is 11.5 Å². The smallest absolute Gasteiger partial charge is 0.272 e. The van der Waals surface area contributed by atoms with Gasteiger partial charge in [-0.15, -0.1) is 0 Å². The monoisotopic (exact) mass is 237 g/mol. The van der Waals surface area contributed by atoms with Gasteiger partial charge in [-0.3, -0.25) is 4.79 Å². The lowest BCUT2D eigenvalue weighted by Gasteiger charge is -2.01. The molecule has 0 aliphatic carbocycles. The molecule has 1 aliphatic heterocycles. The number of benzene rings is 2. The highest BCUT2D eigenvalue weighted by atomic mass is 16.5. The zero-order valence-electron chi connectivity index (χ0n) is 9.88. The van der Waals surface area contributed by atoms with E-state index in [-0.39, 0.29) is 11.5 Å². The van der Waals surface area contributed by atoms with Crippen molar-refractivity contribution in [2.24, 2.45) is 0 Å². The second-order valence-corrected chi connectivity index (χ2v) is 4.31. The maximum Gasteiger partial charge on any atom is 0.272 e. The first-order valence-electron chi connectivity index (χ1n) is 5.74. The number of hydrogen-bond acceptors (Lipinski definition) is 2. The Hall–Kier alpha value is -2.42. The molecule has 0 N–H and O–H groups in total. The van der Waals surface area contributed by atoms with Gasteiger partial charge in [0.05, 0.1) is 5.56 Å². The number of aryl methyl sites for hydroxylation is 1. The van der Waals surface area contributed by atoms with E-state index in [1.165, 1.54) is 0 Å². The average Bonchev–Trinajstić information content (AvgIpc) is 2.64. The van der Waals surface area contributed by atoms with Gasteiger partial charge in [0.2, 0.25) is 5.69 Å². The van der Waals surface area contributed by atoms with Crippen LogP contribution < -0.4 is 0 Å². The van der Waals surface area contributed by atoms with Crippen LogP contribution in [0, 0.1) is 12.1 Å². The molecule has 0 aromatic heterocycles. The van der Waals surface area contributed by atoms with Crippen molar-refractivity contribution in [2.45, 2.75) is 6.92 Å². The first-order chi connectivity index (χ1) is 8.70. The summed E-state index contributed by atoms with van der Waals surface area (Å²) in [5, 5.41) is 12.2. The predicted octanol–water partition coefficient (Wildman–Crippen LogP) is 2.82. The van der Waals surface area contributed by atoms with Gasteiger partial charge >= 0.3 is 0 Å². The number of Topliss-reactive ketones (excluding diaryl/α,β-unsaturated/α-hetero) is 1. The molecule has 2 aromatic carbocycles. The van der Waals surface area contributed by atoms with Gasteiger partial charge in [0.1, 0.15) is 5.56 Å². The van der Waals surface area contributed by atoms with E-state index >= 15 is 0 Å². The molecule has 0 amide bonds. The standard InChI is InChI=1S/C15H11NO2/c1-10-6-5-9-12-13(10)15(17)14(16(12)18)11-7-3-2-4-8-11/h2-9H,1H3. The topological polar surface area (TPSA) is 43.1 Å². The fraction of sp³-hybridized carbons (Fsp3) is 0.0667. The summed E-state index contributed by atoms with van der Waals surface area (Å²) in [7, 11) is 0. The summed E-state index contributed by atoms with van der Waals surface area (Å²) < 4.78 is 0.736. The lowest BCUT2D eigenvalue weighted by Crippen LogP contribution is -2.16. The maximum atomic E-state index is 12.3. The van der Waals surface area contributed by atoms with Crippen molar-refractivity contribution in [1.29, 1.82) is 0 Å². The molecule has 88 valence electrons. The Bertz CT molecular complexity index is 672. The molecule has 2 aromatic rings. The van der Waals surface area contributed by atoms with Crippen LogP contribution in [0.5, 0.6) is 0 Å². The van der Waals surface area contributed by atoms with Crippen LogP contribution in [0.4, 0.5) is 5.69 Å². The number of fused-ring (bicyclic) bond motifs is 1. The second-order valence-electron chi connectivity index (χ2n) is 4.31. The Morgan fingerprint density at radius 3 is 2.39 bits per heavy atom. The molecule has 0 radical (unpaired) electrons. The summed E-state index contributed by atoms with van der Waals surface area (Å²) in [6.45, 7) is 1.85.